The molecular formula is C2H5NO3P-. The molecule has 0 spiro atoms. The maximum Gasteiger partial charge on any atom is 0.317 e. The van der Waals surface area contributed by atoms with Crippen molar-refractivity contribution in [3.63, 3.8) is 0 Å². The third kappa shape index (κ3) is 5.82. The van der Waals surface area contributed by atoms with E-state index in [1.54, 1.807) is 0 Å². The third-order valence-corrected chi connectivity index (χ3v) is 0.633. The minimum Gasteiger partial charge on any atom is -0.820 e. The number of carboxylic acids is 1. The molecule has 42 valence electrons. The molecule has 0 heterocycles. The average molecular weight is 122 g/mol. The Bertz CT molecular complexity index is 66.0. The second-order valence-electron chi connectivity index (χ2n) is 0.849. The topological polar surface area (TPSA) is 72.4 Å². The highest BCUT2D eigenvalue weighted by molar-refractivity contribution is 7.26. The molecule has 0 fully saturated rings. The summed E-state index contributed by atoms with van der Waals surface area (Å²) in [6, 6.07) is 0. The van der Waals surface area contributed by atoms with Gasteiger partial charge in [0.2, 0.25) is 0 Å². The Morgan fingerprint density at radius 2 is 2.57 bits per heavy atom. The van der Waals surface area contributed by atoms with Gasteiger partial charge in [0.1, 0.15) is 0 Å². The fraction of sp³-hybridized carbons (Fsp3) is 0.500. The summed E-state index contributed by atoms with van der Waals surface area (Å²) in [4.78, 5) is 19.0. The van der Waals surface area contributed by atoms with E-state index < -0.39 is 14.9 Å². The minimum absolute atomic E-state index is 0.234. The van der Waals surface area contributed by atoms with Gasteiger partial charge in [-0.05, 0) is 0 Å². The van der Waals surface area contributed by atoms with Gasteiger partial charge in [-0.25, -0.2) is 0 Å². The van der Waals surface area contributed by atoms with Crippen molar-refractivity contribution in [1.82, 2.24) is 5.09 Å². The van der Waals surface area contributed by atoms with Crippen LogP contribution in [0, 0.1) is 0 Å². The normalized spacial score (nSPS) is 10.4. The summed E-state index contributed by atoms with van der Waals surface area (Å²) in [7, 11) is -0.730. The maximum absolute atomic E-state index is 9.56. The predicted molar refractivity (Wildman–Crippen MR) is 24.0 cm³/mol. The van der Waals surface area contributed by atoms with Crippen molar-refractivity contribution in [2.24, 2.45) is 0 Å². The number of aliphatic carboxylic acids is 1. The molecule has 1 unspecified atom stereocenters. The van der Waals surface area contributed by atoms with Crippen LogP contribution >= 0.6 is 8.96 Å². The summed E-state index contributed by atoms with van der Waals surface area (Å²) in [5, 5.41) is 9.97. The van der Waals surface area contributed by atoms with Gasteiger partial charge >= 0.3 is 5.97 Å². The smallest absolute Gasteiger partial charge is 0.317 e. The zero-order valence-electron chi connectivity index (χ0n) is 3.47. The van der Waals surface area contributed by atoms with E-state index in [1.807, 2.05) is 0 Å². The van der Waals surface area contributed by atoms with E-state index in [4.69, 9.17) is 5.11 Å². The van der Waals surface area contributed by atoms with Crippen molar-refractivity contribution >= 4 is 14.9 Å². The van der Waals surface area contributed by atoms with Crippen molar-refractivity contribution in [2.75, 3.05) is 6.54 Å². The highest BCUT2D eigenvalue weighted by Crippen LogP contribution is 1.79. The first-order valence-electron chi connectivity index (χ1n) is 1.59. The molecule has 0 rings (SSSR count). The van der Waals surface area contributed by atoms with Gasteiger partial charge < -0.3 is 15.1 Å². The van der Waals surface area contributed by atoms with Gasteiger partial charge in [-0.2, -0.15) is 0 Å². The number of carboxylic acid groups (broad SMARTS) is 1. The van der Waals surface area contributed by atoms with Crippen LogP contribution in [0.25, 0.3) is 0 Å². The number of hydrogen-bond donors (Lipinski definition) is 2. The zero-order valence-corrected chi connectivity index (χ0v) is 4.47. The molecule has 0 aliphatic rings. The first kappa shape index (κ1) is 6.82. The average Bonchev–Trinajstić information content (AvgIpc) is 1.61. The molecule has 0 radical (unpaired) electrons. The van der Waals surface area contributed by atoms with Crippen LogP contribution in [0.2, 0.25) is 0 Å². The molecule has 4 nitrogen and oxygen atoms in total. The summed E-state index contributed by atoms with van der Waals surface area (Å²) in [5.41, 5.74) is 0. The van der Waals surface area contributed by atoms with Crippen molar-refractivity contribution in [3.05, 3.63) is 0 Å². The SMILES string of the molecule is O=C(O)CNP[O-]. The maximum atomic E-state index is 9.56. The van der Waals surface area contributed by atoms with E-state index >= 15 is 0 Å². The van der Waals surface area contributed by atoms with Gasteiger partial charge in [-0.3, -0.25) is 4.79 Å². The molecular weight excluding hydrogens is 117 g/mol. The summed E-state index contributed by atoms with van der Waals surface area (Å²) >= 11 is 0. The Morgan fingerprint density at radius 1 is 2.00 bits per heavy atom. The van der Waals surface area contributed by atoms with Crippen LogP contribution in [0.1, 0.15) is 0 Å². The molecule has 0 aromatic rings. The van der Waals surface area contributed by atoms with Crippen molar-refractivity contribution < 1.29 is 14.8 Å². The molecule has 0 aliphatic heterocycles. The number of hydrogen-bond acceptors (Lipinski definition) is 3. The molecule has 5 heteroatoms. The van der Waals surface area contributed by atoms with Gasteiger partial charge in [0.15, 0.2) is 0 Å². The first-order valence-corrected chi connectivity index (χ1v) is 2.50. The molecule has 0 aliphatic carbocycles. The van der Waals surface area contributed by atoms with E-state index in [0.717, 1.165) is 0 Å². The Labute approximate surface area is 42.5 Å². The van der Waals surface area contributed by atoms with Crippen LogP contribution < -0.4 is 9.98 Å². The molecule has 0 aromatic carbocycles. The van der Waals surface area contributed by atoms with Crippen LogP contribution in [0.15, 0.2) is 0 Å². The van der Waals surface area contributed by atoms with E-state index in [0.29, 0.717) is 0 Å². The molecule has 0 bridgehead atoms. The molecule has 7 heavy (non-hydrogen) atoms. The van der Waals surface area contributed by atoms with E-state index in [2.05, 4.69) is 5.09 Å². The lowest BCUT2D eigenvalue weighted by molar-refractivity contribution is -0.154. The van der Waals surface area contributed by atoms with Crippen LogP contribution in [0.5, 0.6) is 0 Å². The van der Waals surface area contributed by atoms with E-state index in [-0.39, 0.29) is 6.54 Å². The summed E-state index contributed by atoms with van der Waals surface area (Å²) in [5.74, 6) is -0.997. The fourth-order valence-corrected chi connectivity index (χ4v) is 0.335. The van der Waals surface area contributed by atoms with Gasteiger partial charge in [0.05, 0.1) is 6.54 Å². The summed E-state index contributed by atoms with van der Waals surface area (Å²) in [6.45, 7) is -0.234. The number of rotatable bonds is 3. The summed E-state index contributed by atoms with van der Waals surface area (Å²) in [6.07, 6.45) is 0. The van der Waals surface area contributed by atoms with E-state index in [1.165, 1.54) is 0 Å². The minimum atomic E-state index is -0.997. The Hall–Kier alpha value is -0.180. The Kier molecular flexibility index (Phi) is 3.89. The molecule has 1 atom stereocenters. The lowest BCUT2D eigenvalue weighted by Crippen LogP contribution is -2.16. The third-order valence-electron chi connectivity index (χ3n) is 0.312. The lowest BCUT2D eigenvalue weighted by atomic mass is 10.7. The highest BCUT2D eigenvalue weighted by atomic mass is 31.1. The highest BCUT2D eigenvalue weighted by Gasteiger charge is 1.87. The van der Waals surface area contributed by atoms with Gasteiger partial charge in [0.25, 0.3) is 0 Å². The largest absolute Gasteiger partial charge is 0.820 e. The first-order chi connectivity index (χ1) is 3.27. The second-order valence-corrected chi connectivity index (χ2v) is 1.41. The van der Waals surface area contributed by atoms with Crippen LogP contribution in [0.4, 0.5) is 0 Å². The second kappa shape index (κ2) is 3.99. The number of carbonyl (C=O) groups is 1. The van der Waals surface area contributed by atoms with Gasteiger partial charge in [-0.1, -0.05) is 0 Å². The van der Waals surface area contributed by atoms with Crippen molar-refractivity contribution in [3.8, 4) is 0 Å². The van der Waals surface area contributed by atoms with Crippen molar-refractivity contribution in [2.45, 2.75) is 0 Å². The molecule has 2 N–H and O–H groups in total. The van der Waals surface area contributed by atoms with Crippen molar-refractivity contribution in [1.29, 1.82) is 0 Å². The standard InChI is InChI=1S/C2H5NO3P/c4-2(5)1-3-7-6/h3,7H,1H2,(H,4,5)/q-1. The van der Waals surface area contributed by atoms with Gasteiger partial charge in [-0.15, -0.1) is 8.96 Å². The van der Waals surface area contributed by atoms with Crippen LogP contribution in [-0.4, -0.2) is 17.6 Å². The molecule has 0 saturated carbocycles. The summed E-state index contributed by atoms with van der Waals surface area (Å²) < 4.78 is 0. The molecule has 0 amide bonds. The molecule has 0 aromatic heterocycles. The quantitative estimate of drug-likeness (QED) is 0.448. The monoisotopic (exact) mass is 122 g/mol. The van der Waals surface area contributed by atoms with Gasteiger partial charge in [0, 0.05) is 0 Å². The predicted octanol–water partition coefficient (Wildman–Crippen LogP) is -1.47. The van der Waals surface area contributed by atoms with Crippen LogP contribution in [-0.2, 0) is 4.79 Å². The van der Waals surface area contributed by atoms with Crippen LogP contribution in [0.3, 0.4) is 0 Å². The number of nitrogens with one attached hydrogen (secondary N) is 1. The fourth-order valence-electron chi connectivity index (χ4n) is 0.112. The zero-order chi connectivity index (χ0) is 5.70. The lowest BCUT2D eigenvalue weighted by Gasteiger charge is -2.01. The molecule has 0 saturated heterocycles. The Morgan fingerprint density at radius 3 is 2.71 bits per heavy atom. The Balaban J connectivity index is 2.82. The van der Waals surface area contributed by atoms with E-state index in [9.17, 15) is 9.69 Å².